The van der Waals surface area contributed by atoms with E-state index in [4.69, 9.17) is 4.42 Å². The predicted octanol–water partition coefficient (Wildman–Crippen LogP) is 2.31. The summed E-state index contributed by atoms with van der Waals surface area (Å²) in [6.07, 6.45) is 3.08. The normalized spacial score (nSPS) is 11.0. The molecule has 22 heavy (non-hydrogen) atoms. The summed E-state index contributed by atoms with van der Waals surface area (Å²) < 4.78 is 6.72. The third kappa shape index (κ3) is 2.43. The van der Waals surface area contributed by atoms with Crippen molar-refractivity contribution >= 4 is 27.5 Å². The summed E-state index contributed by atoms with van der Waals surface area (Å²) in [5.74, 6) is 0.456. The minimum Gasteiger partial charge on any atom is -0.467 e. The molecule has 3 aromatic heterocycles. The highest BCUT2D eigenvalue weighted by molar-refractivity contribution is 7.20. The summed E-state index contributed by atoms with van der Waals surface area (Å²) in [4.78, 5) is 30.0. The van der Waals surface area contributed by atoms with Crippen LogP contribution in [0.4, 0.5) is 0 Å². The fourth-order valence-electron chi connectivity index (χ4n) is 2.26. The quantitative estimate of drug-likeness (QED) is 0.801. The first-order valence-corrected chi connectivity index (χ1v) is 7.72. The molecule has 0 fully saturated rings. The monoisotopic (exact) mass is 317 g/mol. The van der Waals surface area contributed by atoms with Crippen LogP contribution in [0, 0.1) is 6.92 Å². The van der Waals surface area contributed by atoms with Crippen molar-refractivity contribution in [1.29, 1.82) is 0 Å². The van der Waals surface area contributed by atoms with E-state index in [1.165, 1.54) is 22.2 Å². The Morgan fingerprint density at radius 2 is 2.32 bits per heavy atom. The number of thiophene rings is 1. The lowest BCUT2D eigenvalue weighted by Crippen LogP contribution is -2.22. The third-order valence-corrected chi connectivity index (χ3v) is 4.67. The number of furan rings is 1. The van der Waals surface area contributed by atoms with Gasteiger partial charge in [-0.1, -0.05) is 0 Å². The molecule has 0 saturated heterocycles. The van der Waals surface area contributed by atoms with Gasteiger partial charge in [0.05, 0.1) is 29.4 Å². The van der Waals surface area contributed by atoms with Gasteiger partial charge in [-0.3, -0.25) is 14.2 Å². The van der Waals surface area contributed by atoms with E-state index in [9.17, 15) is 9.59 Å². The van der Waals surface area contributed by atoms with Crippen LogP contribution in [0.2, 0.25) is 0 Å². The Bertz CT molecular complexity index is 877. The lowest BCUT2D eigenvalue weighted by molar-refractivity contribution is 0.0951. The Morgan fingerprint density at radius 3 is 3.00 bits per heavy atom. The molecule has 0 bridgehead atoms. The molecule has 7 heteroatoms. The predicted molar refractivity (Wildman–Crippen MR) is 84.2 cm³/mol. The van der Waals surface area contributed by atoms with Crippen LogP contribution in [0.5, 0.6) is 0 Å². The Balaban J connectivity index is 1.94. The zero-order chi connectivity index (χ0) is 15.7. The SMILES string of the molecule is CCn1cnc2sc(C(=O)NCc3ccco3)c(C)c2c1=O. The van der Waals surface area contributed by atoms with Crippen molar-refractivity contribution < 1.29 is 9.21 Å². The zero-order valence-electron chi connectivity index (χ0n) is 12.3. The number of aromatic nitrogens is 2. The van der Waals surface area contributed by atoms with Crippen molar-refractivity contribution in [2.24, 2.45) is 0 Å². The molecular formula is C15H15N3O3S. The number of aryl methyl sites for hydroxylation is 2. The molecule has 0 aliphatic rings. The molecule has 3 heterocycles. The number of rotatable bonds is 4. The highest BCUT2D eigenvalue weighted by atomic mass is 32.1. The molecule has 1 N–H and O–H groups in total. The van der Waals surface area contributed by atoms with Gasteiger partial charge in [0, 0.05) is 6.54 Å². The number of nitrogens with zero attached hydrogens (tertiary/aromatic N) is 2. The number of amides is 1. The van der Waals surface area contributed by atoms with Gasteiger partial charge < -0.3 is 9.73 Å². The number of carbonyl (C=O) groups excluding carboxylic acids is 1. The number of hydrogen-bond donors (Lipinski definition) is 1. The average Bonchev–Trinajstić information content (AvgIpc) is 3.13. The summed E-state index contributed by atoms with van der Waals surface area (Å²) in [6, 6.07) is 3.56. The van der Waals surface area contributed by atoms with E-state index in [-0.39, 0.29) is 11.5 Å². The largest absolute Gasteiger partial charge is 0.467 e. The molecule has 3 rings (SSSR count). The standard InChI is InChI=1S/C15H15N3O3S/c1-3-18-8-17-14-11(15(18)20)9(2)12(22-14)13(19)16-7-10-5-4-6-21-10/h4-6,8H,3,7H2,1-2H3,(H,16,19). The fraction of sp³-hybridized carbons (Fsp3) is 0.267. The van der Waals surface area contributed by atoms with Crippen molar-refractivity contribution in [1.82, 2.24) is 14.9 Å². The third-order valence-electron chi connectivity index (χ3n) is 3.47. The second kappa shape index (κ2) is 5.76. The van der Waals surface area contributed by atoms with E-state index >= 15 is 0 Å². The first kappa shape index (κ1) is 14.5. The molecule has 0 radical (unpaired) electrons. The molecular weight excluding hydrogens is 302 g/mol. The maximum atomic E-state index is 12.3. The Morgan fingerprint density at radius 1 is 1.50 bits per heavy atom. The first-order valence-electron chi connectivity index (χ1n) is 6.91. The van der Waals surface area contributed by atoms with Crippen LogP contribution in [-0.2, 0) is 13.1 Å². The van der Waals surface area contributed by atoms with Crippen LogP contribution in [0.3, 0.4) is 0 Å². The van der Waals surface area contributed by atoms with Crippen LogP contribution >= 0.6 is 11.3 Å². The molecule has 0 unspecified atom stereocenters. The van der Waals surface area contributed by atoms with Gasteiger partial charge in [0.1, 0.15) is 10.6 Å². The van der Waals surface area contributed by atoms with Crippen molar-refractivity contribution in [2.75, 3.05) is 0 Å². The Labute approximate surface area is 130 Å². The zero-order valence-corrected chi connectivity index (χ0v) is 13.1. The first-order chi connectivity index (χ1) is 10.6. The van der Waals surface area contributed by atoms with Crippen LogP contribution in [-0.4, -0.2) is 15.5 Å². The molecule has 0 saturated carbocycles. The highest BCUT2D eigenvalue weighted by Gasteiger charge is 2.19. The van der Waals surface area contributed by atoms with E-state index in [2.05, 4.69) is 10.3 Å². The Hall–Kier alpha value is -2.41. The van der Waals surface area contributed by atoms with Gasteiger partial charge in [0.15, 0.2) is 0 Å². The van der Waals surface area contributed by atoms with Crippen LogP contribution in [0.25, 0.3) is 10.2 Å². The molecule has 0 aromatic carbocycles. The molecule has 6 nitrogen and oxygen atoms in total. The van der Waals surface area contributed by atoms with Crippen molar-refractivity contribution in [2.45, 2.75) is 26.9 Å². The summed E-state index contributed by atoms with van der Waals surface area (Å²) in [7, 11) is 0. The topological polar surface area (TPSA) is 77.1 Å². The van der Waals surface area contributed by atoms with Gasteiger partial charge in [-0.25, -0.2) is 4.98 Å². The van der Waals surface area contributed by atoms with E-state index in [0.717, 1.165) is 0 Å². The van der Waals surface area contributed by atoms with Crippen LogP contribution in [0.15, 0.2) is 33.9 Å². The minimum absolute atomic E-state index is 0.105. The molecule has 114 valence electrons. The molecule has 0 spiro atoms. The number of fused-ring (bicyclic) bond motifs is 1. The van der Waals surface area contributed by atoms with E-state index in [1.54, 1.807) is 25.3 Å². The molecule has 3 aromatic rings. The smallest absolute Gasteiger partial charge is 0.262 e. The lowest BCUT2D eigenvalue weighted by atomic mass is 10.2. The van der Waals surface area contributed by atoms with Crippen molar-refractivity contribution in [3.8, 4) is 0 Å². The summed E-state index contributed by atoms with van der Waals surface area (Å²) >= 11 is 1.24. The number of nitrogens with one attached hydrogen (secondary N) is 1. The summed E-state index contributed by atoms with van der Waals surface area (Å²) in [5.41, 5.74) is 0.573. The van der Waals surface area contributed by atoms with Gasteiger partial charge in [0.2, 0.25) is 0 Å². The van der Waals surface area contributed by atoms with Gasteiger partial charge in [-0.05, 0) is 31.5 Å². The van der Waals surface area contributed by atoms with Gasteiger partial charge in [-0.2, -0.15) is 0 Å². The van der Waals surface area contributed by atoms with E-state index < -0.39 is 0 Å². The molecule has 0 aliphatic carbocycles. The second-order valence-corrected chi connectivity index (χ2v) is 5.83. The van der Waals surface area contributed by atoms with Crippen LogP contribution in [0.1, 0.15) is 27.9 Å². The maximum Gasteiger partial charge on any atom is 0.262 e. The minimum atomic E-state index is -0.223. The van der Waals surface area contributed by atoms with Gasteiger partial charge in [0.25, 0.3) is 11.5 Å². The van der Waals surface area contributed by atoms with Gasteiger partial charge in [-0.15, -0.1) is 11.3 Å². The lowest BCUT2D eigenvalue weighted by Gasteiger charge is -2.02. The average molecular weight is 317 g/mol. The summed E-state index contributed by atoms with van der Waals surface area (Å²) in [5, 5.41) is 3.32. The van der Waals surface area contributed by atoms with Crippen molar-refractivity contribution in [3.63, 3.8) is 0 Å². The molecule has 1 amide bonds. The van der Waals surface area contributed by atoms with E-state index in [0.29, 0.717) is 39.5 Å². The second-order valence-electron chi connectivity index (χ2n) is 4.83. The van der Waals surface area contributed by atoms with Crippen LogP contribution < -0.4 is 10.9 Å². The van der Waals surface area contributed by atoms with Gasteiger partial charge >= 0.3 is 0 Å². The maximum absolute atomic E-state index is 12.3. The molecule has 0 aliphatic heterocycles. The number of hydrogen-bond acceptors (Lipinski definition) is 5. The summed E-state index contributed by atoms with van der Waals surface area (Å²) in [6.45, 7) is 4.53. The highest BCUT2D eigenvalue weighted by Crippen LogP contribution is 2.26. The fourth-order valence-corrected chi connectivity index (χ4v) is 3.32. The number of carbonyl (C=O) groups is 1. The van der Waals surface area contributed by atoms with Crippen molar-refractivity contribution in [3.05, 3.63) is 51.3 Å². The Kier molecular flexibility index (Phi) is 3.81. The van der Waals surface area contributed by atoms with E-state index in [1.807, 2.05) is 6.92 Å². The molecule has 0 atom stereocenters.